The van der Waals surface area contributed by atoms with E-state index >= 15 is 0 Å². The zero-order valence-corrected chi connectivity index (χ0v) is 10.5. The summed E-state index contributed by atoms with van der Waals surface area (Å²) in [6, 6.07) is 0. The van der Waals surface area contributed by atoms with Crippen molar-refractivity contribution in [2.45, 2.75) is 45.5 Å². The second kappa shape index (κ2) is 6.18. The van der Waals surface area contributed by atoms with Crippen molar-refractivity contribution in [3.8, 4) is 0 Å². The van der Waals surface area contributed by atoms with Gasteiger partial charge >= 0.3 is 17.9 Å². The average Bonchev–Trinajstić information content (AvgIpc) is 2.19. The van der Waals surface area contributed by atoms with Gasteiger partial charge in [0.05, 0.1) is 0 Å². The first-order valence-electron chi connectivity index (χ1n) is 5.58. The van der Waals surface area contributed by atoms with Gasteiger partial charge in [-0.3, -0.25) is 14.4 Å². The molecule has 100 valence electrons. The van der Waals surface area contributed by atoms with Gasteiger partial charge in [0.2, 0.25) is 0 Å². The number of ether oxygens (including phenoxy) is 3. The van der Waals surface area contributed by atoms with Crippen LogP contribution in [0.25, 0.3) is 0 Å². The van der Waals surface area contributed by atoms with Crippen molar-refractivity contribution in [1.29, 1.82) is 0 Å². The summed E-state index contributed by atoms with van der Waals surface area (Å²) >= 11 is 0. The van der Waals surface area contributed by atoms with Crippen molar-refractivity contribution >= 4 is 17.9 Å². The van der Waals surface area contributed by atoms with E-state index in [1.165, 1.54) is 20.8 Å². The molecule has 0 aliphatic heterocycles. The van der Waals surface area contributed by atoms with E-state index in [4.69, 9.17) is 14.2 Å². The summed E-state index contributed by atoms with van der Waals surface area (Å²) in [6.45, 7) is 3.84. The van der Waals surface area contributed by atoms with E-state index in [0.717, 1.165) is 0 Å². The molecule has 0 bridgehead atoms. The monoisotopic (exact) mass is 256 g/mol. The Balaban J connectivity index is 2.73. The maximum absolute atomic E-state index is 11.0. The highest BCUT2D eigenvalue weighted by Gasteiger charge is 2.32. The van der Waals surface area contributed by atoms with Gasteiger partial charge in [-0.05, 0) is 12.2 Å². The van der Waals surface area contributed by atoms with Crippen LogP contribution in [0.1, 0.15) is 27.2 Å². The standard InChI is InChI=1S/C12H16O6/c1-7(13)16-10-4-5-11(17-8(2)14)12(6-10)18-9(3)15/h4-5,10-12H,6H2,1-3H3/t10-,11-,12+/m1/s1. The van der Waals surface area contributed by atoms with Gasteiger partial charge in [-0.15, -0.1) is 0 Å². The maximum atomic E-state index is 11.0. The first kappa shape index (κ1) is 14.2. The highest BCUT2D eigenvalue weighted by molar-refractivity contribution is 5.68. The van der Waals surface area contributed by atoms with E-state index in [0.29, 0.717) is 0 Å². The summed E-state index contributed by atoms with van der Waals surface area (Å²) in [5.41, 5.74) is 0. The van der Waals surface area contributed by atoms with Crippen molar-refractivity contribution in [1.82, 2.24) is 0 Å². The fourth-order valence-corrected chi connectivity index (χ4v) is 1.73. The fraction of sp³-hybridized carbons (Fsp3) is 0.583. The summed E-state index contributed by atoms with van der Waals surface area (Å²) in [7, 11) is 0. The predicted octanol–water partition coefficient (Wildman–Crippen LogP) is 0.741. The minimum absolute atomic E-state index is 0.271. The smallest absolute Gasteiger partial charge is 0.303 e. The molecule has 0 aromatic heterocycles. The van der Waals surface area contributed by atoms with E-state index in [1.54, 1.807) is 12.2 Å². The molecule has 0 aromatic rings. The Labute approximate surface area is 105 Å². The number of rotatable bonds is 3. The largest absolute Gasteiger partial charge is 0.458 e. The third-order valence-corrected chi connectivity index (χ3v) is 2.28. The van der Waals surface area contributed by atoms with Gasteiger partial charge in [-0.1, -0.05) is 0 Å². The Hall–Kier alpha value is -1.85. The molecule has 1 aliphatic rings. The first-order valence-corrected chi connectivity index (χ1v) is 5.58. The number of carbonyl (C=O) groups is 3. The molecule has 6 nitrogen and oxygen atoms in total. The first-order chi connectivity index (χ1) is 8.38. The zero-order chi connectivity index (χ0) is 13.7. The molecule has 0 spiro atoms. The highest BCUT2D eigenvalue weighted by atomic mass is 16.6. The summed E-state index contributed by atoms with van der Waals surface area (Å²) in [5, 5.41) is 0. The van der Waals surface area contributed by atoms with Crippen molar-refractivity contribution < 1.29 is 28.6 Å². The lowest BCUT2D eigenvalue weighted by Gasteiger charge is -2.30. The molecule has 18 heavy (non-hydrogen) atoms. The summed E-state index contributed by atoms with van der Waals surface area (Å²) in [4.78, 5) is 32.7. The third-order valence-electron chi connectivity index (χ3n) is 2.28. The molecule has 0 aromatic carbocycles. The molecule has 0 saturated heterocycles. The molecule has 0 N–H and O–H groups in total. The minimum atomic E-state index is -0.641. The Kier molecular flexibility index (Phi) is 4.88. The van der Waals surface area contributed by atoms with E-state index in [-0.39, 0.29) is 6.42 Å². The van der Waals surface area contributed by atoms with Gasteiger partial charge in [0.1, 0.15) is 12.2 Å². The lowest BCUT2D eigenvalue weighted by Crippen LogP contribution is -2.39. The van der Waals surface area contributed by atoms with Gasteiger partial charge in [0.25, 0.3) is 0 Å². The van der Waals surface area contributed by atoms with Gasteiger partial charge < -0.3 is 14.2 Å². The van der Waals surface area contributed by atoms with Crippen LogP contribution in [0.5, 0.6) is 0 Å². The van der Waals surface area contributed by atoms with Crippen molar-refractivity contribution in [3.05, 3.63) is 12.2 Å². The zero-order valence-electron chi connectivity index (χ0n) is 10.5. The molecule has 0 fully saturated rings. The fourth-order valence-electron chi connectivity index (χ4n) is 1.73. The van der Waals surface area contributed by atoms with Crippen LogP contribution in [-0.4, -0.2) is 36.2 Å². The molecule has 0 unspecified atom stereocenters. The Morgan fingerprint density at radius 3 is 1.94 bits per heavy atom. The van der Waals surface area contributed by atoms with Crippen LogP contribution < -0.4 is 0 Å². The second-order valence-electron chi connectivity index (χ2n) is 3.99. The molecule has 0 saturated carbocycles. The molecule has 0 heterocycles. The lowest BCUT2D eigenvalue weighted by atomic mass is 9.99. The van der Waals surface area contributed by atoms with Crippen molar-refractivity contribution in [2.24, 2.45) is 0 Å². The van der Waals surface area contributed by atoms with Crippen LogP contribution in [0.2, 0.25) is 0 Å². The number of carbonyl (C=O) groups excluding carboxylic acids is 3. The van der Waals surface area contributed by atoms with Gasteiger partial charge in [-0.25, -0.2) is 0 Å². The third kappa shape index (κ3) is 4.57. The van der Waals surface area contributed by atoms with Gasteiger partial charge in [0.15, 0.2) is 6.10 Å². The van der Waals surface area contributed by atoms with Crippen molar-refractivity contribution in [3.63, 3.8) is 0 Å². The molecule has 0 radical (unpaired) electrons. The Morgan fingerprint density at radius 1 is 0.889 bits per heavy atom. The Morgan fingerprint density at radius 2 is 1.44 bits per heavy atom. The number of esters is 3. The van der Waals surface area contributed by atoms with E-state index in [2.05, 4.69) is 0 Å². The molecule has 6 heteroatoms. The van der Waals surface area contributed by atoms with Crippen LogP contribution in [0.15, 0.2) is 12.2 Å². The van der Waals surface area contributed by atoms with Crippen LogP contribution in [0, 0.1) is 0 Å². The quantitative estimate of drug-likeness (QED) is 0.421. The summed E-state index contributed by atoms with van der Waals surface area (Å²) in [5.74, 6) is -1.36. The SMILES string of the molecule is CC(=O)O[C@@H]1C=C[C@@H](OC(C)=O)[C@@H](OC(C)=O)C1. The van der Waals surface area contributed by atoms with E-state index < -0.39 is 36.2 Å². The predicted molar refractivity (Wildman–Crippen MR) is 60.4 cm³/mol. The lowest BCUT2D eigenvalue weighted by molar-refractivity contribution is -0.166. The van der Waals surface area contributed by atoms with Crippen molar-refractivity contribution in [2.75, 3.05) is 0 Å². The maximum Gasteiger partial charge on any atom is 0.303 e. The highest BCUT2D eigenvalue weighted by Crippen LogP contribution is 2.21. The van der Waals surface area contributed by atoms with Gasteiger partial charge in [-0.2, -0.15) is 0 Å². The molecule has 1 rings (SSSR count). The molecule has 1 aliphatic carbocycles. The number of hydrogen-bond donors (Lipinski definition) is 0. The van der Waals surface area contributed by atoms with Crippen LogP contribution in [0.4, 0.5) is 0 Å². The van der Waals surface area contributed by atoms with E-state index in [9.17, 15) is 14.4 Å². The van der Waals surface area contributed by atoms with E-state index in [1.807, 2.05) is 0 Å². The summed E-state index contributed by atoms with van der Waals surface area (Å²) in [6.07, 6.45) is 1.70. The molecular formula is C12H16O6. The molecule has 0 amide bonds. The normalized spacial score (nSPS) is 26.3. The Bertz CT molecular complexity index is 373. The average molecular weight is 256 g/mol. The van der Waals surface area contributed by atoms with Crippen LogP contribution in [0.3, 0.4) is 0 Å². The number of hydrogen-bond acceptors (Lipinski definition) is 6. The topological polar surface area (TPSA) is 78.9 Å². The minimum Gasteiger partial charge on any atom is -0.458 e. The molecule has 3 atom stereocenters. The van der Waals surface area contributed by atoms with Crippen LogP contribution >= 0.6 is 0 Å². The van der Waals surface area contributed by atoms with Gasteiger partial charge in [0, 0.05) is 27.2 Å². The second-order valence-corrected chi connectivity index (χ2v) is 3.99. The summed E-state index contributed by atoms with van der Waals surface area (Å²) < 4.78 is 15.1. The molecular weight excluding hydrogens is 240 g/mol. The van der Waals surface area contributed by atoms with Crippen LogP contribution in [-0.2, 0) is 28.6 Å².